The van der Waals surface area contributed by atoms with Crippen molar-refractivity contribution in [2.75, 3.05) is 7.05 Å². The van der Waals surface area contributed by atoms with Crippen LogP contribution < -0.4 is 5.84 Å². The van der Waals surface area contributed by atoms with Crippen molar-refractivity contribution in [2.24, 2.45) is 10.8 Å². The molecule has 0 spiro atoms. The van der Waals surface area contributed by atoms with Gasteiger partial charge in [-0.15, -0.1) is 0 Å². The van der Waals surface area contributed by atoms with Crippen LogP contribution in [0.25, 0.3) is 0 Å². The van der Waals surface area contributed by atoms with E-state index in [-0.39, 0.29) is 0 Å². The van der Waals surface area contributed by atoms with E-state index in [1.54, 1.807) is 13.2 Å². The highest BCUT2D eigenvalue weighted by Gasteiger charge is 1.69. The van der Waals surface area contributed by atoms with Crippen LogP contribution in [0.1, 0.15) is 6.92 Å². The number of hydrogen-bond donors (Lipinski definition) is 1. The Morgan fingerprint density at radius 1 is 1.62 bits per heavy atom. The van der Waals surface area contributed by atoms with Gasteiger partial charge in [-0.25, -0.2) is 10.8 Å². The van der Waals surface area contributed by atoms with E-state index in [1.807, 2.05) is 13.0 Å². The van der Waals surface area contributed by atoms with Crippen LogP contribution in [0.3, 0.4) is 0 Å². The quantitative estimate of drug-likeness (QED) is 0.243. The number of nitrogens with zero attached hydrogens (tertiary/aromatic N) is 2. The number of nitrogens with two attached hydrogens (primary N) is 1. The summed E-state index contributed by atoms with van der Waals surface area (Å²) >= 11 is 0. The lowest BCUT2D eigenvalue weighted by Gasteiger charge is -1.98. The average molecular weight is 113 g/mol. The number of aliphatic imine (C=N–C) groups is 1. The molecule has 0 rings (SSSR count). The molecule has 0 amide bonds. The van der Waals surface area contributed by atoms with Crippen LogP contribution in [0.5, 0.6) is 0 Å². The molecule has 0 saturated carbocycles. The van der Waals surface area contributed by atoms with Gasteiger partial charge in [-0.3, -0.25) is 0 Å². The largest absolute Gasteiger partial charge is 0.304 e. The molecule has 0 heterocycles. The van der Waals surface area contributed by atoms with E-state index in [2.05, 4.69) is 4.99 Å². The van der Waals surface area contributed by atoms with Crippen LogP contribution in [0.15, 0.2) is 17.3 Å². The molecule has 0 aliphatic rings. The Bertz CT molecular complexity index is 93.8. The Balaban J connectivity index is 3.34. The third-order valence-electron chi connectivity index (χ3n) is 0.484. The maximum absolute atomic E-state index is 5.18. The van der Waals surface area contributed by atoms with Gasteiger partial charge in [0.2, 0.25) is 0 Å². The van der Waals surface area contributed by atoms with Gasteiger partial charge in [0.1, 0.15) is 6.34 Å². The van der Waals surface area contributed by atoms with Crippen molar-refractivity contribution in [3.8, 4) is 0 Å². The van der Waals surface area contributed by atoms with Crippen LogP contribution in [-0.2, 0) is 0 Å². The van der Waals surface area contributed by atoms with Crippen molar-refractivity contribution < 1.29 is 0 Å². The number of allylic oxidation sites excluding steroid dienone is 1. The van der Waals surface area contributed by atoms with Crippen molar-refractivity contribution in [3.63, 3.8) is 0 Å². The van der Waals surface area contributed by atoms with Gasteiger partial charge in [0.15, 0.2) is 0 Å². The van der Waals surface area contributed by atoms with Gasteiger partial charge in [0.05, 0.1) is 0 Å². The molecule has 8 heavy (non-hydrogen) atoms. The predicted octanol–water partition coefficient (Wildman–Crippen LogP) is 0.354. The molecular formula is C5H11N3. The monoisotopic (exact) mass is 113 g/mol. The molecule has 0 aliphatic heterocycles. The van der Waals surface area contributed by atoms with Crippen LogP contribution in [0.4, 0.5) is 0 Å². The summed E-state index contributed by atoms with van der Waals surface area (Å²) in [5.41, 5.74) is 0. The first-order valence-corrected chi connectivity index (χ1v) is 2.39. The van der Waals surface area contributed by atoms with Crippen molar-refractivity contribution >= 4 is 6.34 Å². The Hall–Kier alpha value is -0.830. The predicted molar refractivity (Wildman–Crippen MR) is 35.3 cm³/mol. The number of rotatable bonds is 2. The van der Waals surface area contributed by atoms with Crippen molar-refractivity contribution in [3.05, 3.63) is 12.3 Å². The summed E-state index contributed by atoms with van der Waals surface area (Å²) in [5.74, 6) is 5.18. The highest BCUT2D eigenvalue weighted by atomic mass is 15.4. The molecule has 46 valence electrons. The van der Waals surface area contributed by atoms with Crippen molar-refractivity contribution in [1.82, 2.24) is 5.01 Å². The zero-order valence-electron chi connectivity index (χ0n) is 5.20. The molecule has 0 saturated heterocycles. The lowest BCUT2D eigenvalue weighted by molar-refractivity contribution is 0.556. The second-order valence-electron chi connectivity index (χ2n) is 1.41. The normalized spacial score (nSPS) is 11.4. The molecule has 0 radical (unpaired) electrons. The van der Waals surface area contributed by atoms with E-state index in [4.69, 9.17) is 5.84 Å². The third-order valence-corrected chi connectivity index (χ3v) is 0.484. The molecule has 3 heteroatoms. The van der Waals surface area contributed by atoms with Gasteiger partial charge in [-0.2, -0.15) is 0 Å². The van der Waals surface area contributed by atoms with Crippen molar-refractivity contribution in [2.45, 2.75) is 6.92 Å². The van der Waals surface area contributed by atoms with E-state index >= 15 is 0 Å². The van der Waals surface area contributed by atoms with Gasteiger partial charge < -0.3 is 5.01 Å². The van der Waals surface area contributed by atoms with E-state index < -0.39 is 0 Å². The summed E-state index contributed by atoms with van der Waals surface area (Å²) in [6.07, 6.45) is 5.03. The van der Waals surface area contributed by atoms with Crippen LogP contribution in [0.2, 0.25) is 0 Å². The number of hydrogen-bond acceptors (Lipinski definition) is 2. The minimum Gasteiger partial charge on any atom is -0.304 e. The smallest absolute Gasteiger partial charge is 0.104 e. The molecule has 2 N–H and O–H groups in total. The number of hydrazine groups is 1. The fraction of sp³-hybridized carbons (Fsp3) is 0.400. The van der Waals surface area contributed by atoms with Gasteiger partial charge in [0, 0.05) is 13.2 Å². The third kappa shape index (κ3) is 5.17. The highest BCUT2D eigenvalue weighted by Crippen LogP contribution is 1.69. The lowest BCUT2D eigenvalue weighted by atomic mass is 10.7. The van der Waals surface area contributed by atoms with Gasteiger partial charge in [-0.1, -0.05) is 6.08 Å². The zero-order chi connectivity index (χ0) is 6.41. The molecule has 0 atom stereocenters. The van der Waals surface area contributed by atoms with Crippen LogP contribution in [0, 0.1) is 0 Å². The van der Waals surface area contributed by atoms with E-state index in [0.717, 1.165) is 0 Å². The molecule has 0 unspecified atom stereocenters. The Morgan fingerprint density at radius 2 is 2.25 bits per heavy atom. The first kappa shape index (κ1) is 7.17. The van der Waals surface area contributed by atoms with Gasteiger partial charge in [0.25, 0.3) is 0 Å². The summed E-state index contributed by atoms with van der Waals surface area (Å²) in [6.45, 7) is 1.90. The molecule has 3 nitrogen and oxygen atoms in total. The SMILES string of the molecule is C/C=C/N=C\N(C)N. The molecule has 0 aliphatic carbocycles. The molecular weight excluding hydrogens is 102 g/mol. The minimum atomic E-state index is 1.39. The molecule has 0 aromatic carbocycles. The Kier molecular flexibility index (Phi) is 3.88. The molecule has 0 aromatic heterocycles. The average Bonchev–Trinajstić information content (AvgIpc) is 1.66. The van der Waals surface area contributed by atoms with E-state index in [1.165, 1.54) is 11.3 Å². The molecule has 0 fully saturated rings. The summed E-state index contributed by atoms with van der Waals surface area (Å²) in [5, 5.41) is 1.39. The summed E-state index contributed by atoms with van der Waals surface area (Å²) in [6, 6.07) is 0. The second-order valence-corrected chi connectivity index (χ2v) is 1.41. The van der Waals surface area contributed by atoms with Crippen LogP contribution >= 0.6 is 0 Å². The van der Waals surface area contributed by atoms with E-state index in [9.17, 15) is 0 Å². The van der Waals surface area contributed by atoms with Crippen molar-refractivity contribution in [1.29, 1.82) is 0 Å². The van der Waals surface area contributed by atoms with Crippen LogP contribution in [-0.4, -0.2) is 18.4 Å². The summed E-state index contributed by atoms with van der Waals surface area (Å²) < 4.78 is 0. The molecule has 0 bridgehead atoms. The lowest BCUT2D eigenvalue weighted by Crippen LogP contribution is -2.23. The first-order valence-electron chi connectivity index (χ1n) is 2.39. The fourth-order valence-electron chi connectivity index (χ4n) is 0.230. The summed E-state index contributed by atoms with van der Waals surface area (Å²) in [7, 11) is 1.72. The standard InChI is InChI=1S/C5H11N3/c1-3-4-7-5-8(2)6/h3-5H,6H2,1-2H3/b4-3+,7-5-. The Morgan fingerprint density at radius 3 is 2.62 bits per heavy atom. The topological polar surface area (TPSA) is 41.6 Å². The first-order chi connectivity index (χ1) is 3.77. The second kappa shape index (κ2) is 4.33. The Labute approximate surface area is 49.5 Å². The maximum atomic E-state index is 5.18. The van der Waals surface area contributed by atoms with Gasteiger partial charge in [-0.05, 0) is 6.92 Å². The summed E-state index contributed by atoms with van der Waals surface area (Å²) in [4.78, 5) is 3.78. The van der Waals surface area contributed by atoms with E-state index in [0.29, 0.717) is 0 Å². The zero-order valence-corrected chi connectivity index (χ0v) is 5.20. The maximum Gasteiger partial charge on any atom is 0.104 e. The molecule has 0 aromatic rings. The fourth-order valence-corrected chi connectivity index (χ4v) is 0.230. The minimum absolute atomic E-state index is 1.39. The van der Waals surface area contributed by atoms with Gasteiger partial charge >= 0.3 is 0 Å². The highest BCUT2D eigenvalue weighted by molar-refractivity contribution is 5.54.